The SMILES string of the molecule is CN(c1ccc(-n2c3ccc(N(C)c4c5ccccc5cc5ccccc45)cc3c3cc(N(C)c4c5ccccc5cc5ccccc45)ccc32)cc1)c1c2ccccc2cc2ccccc12. The molecule has 0 aliphatic carbocycles. The van der Waals surface area contributed by atoms with E-state index in [-0.39, 0.29) is 0 Å². The minimum absolute atomic E-state index is 1.11. The van der Waals surface area contributed by atoms with Gasteiger partial charge in [0, 0.05) is 87.0 Å². The maximum atomic E-state index is 2.44. The highest BCUT2D eigenvalue weighted by molar-refractivity contribution is 6.17. The van der Waals surface area contributed by atoms with Crippen molar-refractivity contribution in [2.24, 2.45) is 0 Å². The fourth-order valence-corrected chi connectivity index (χ4v) is 11.0. The van der Waals surface area contributed by atoms with Crippen molar-refractivity contribution in [3.05, 3.63) is 224 Å². The molecule has 0 saturated heterocycles. The Morgan fingerprint density at radius 2 is 0.522 bits per heavy atom. The molecule has 318 valence electrons. The standard InChI is InChI=1S/C63H46N4/c1-64(61-51-22-10-4-16-41(51)36-42-17-5-11-23-52(42)61)47-28-30-48(31-29-47)67-59-34-32-49(65(2)62-53-24-12-6-18-43(53)37-44-19-7-13-25-54(44)62)39-57(59)58-40-50(33-35-60(58)67)66(3)63-55-26-14-8-20-45(55)38-46-21-9-15-27-56(46)63/h4-40H,1-3H3. The topological polar surface area (TPSA) is 14.7 Å². The minimum atomic E-state index is 1.11. The molecular formula is C63H46N4. The molecule has 0 fully saturated rings. The average molecular weight is 859 g/mol. The molecule has 4 nitrogen and oxygen atoms in total. The van der Waals surface area contributed by atoms with Gasteiger partial charge in [-0.1, -0.05) is 146 Å². The normalized spacial score (nSPS) is 11.8. The van der Waals surface area contributed by atoms with Crippen molar-refractivity contribution in [3.8, 4) is 5.69 Å². The third-order valence-electron chi connectivity index (χ3n) is 14.2. The van der Waals surface area contributed by atoms with Gasteiger partial charge in [-0.15, -0.1) is 0 Å². The van der Waals surface area contributed by atoms with Gasteiger partial charge in [-0.05, 0) is 111 Å². The van der Waals surface area contributed by atoms with E-state index in [1.807, 2.05) is 0 Å². The summed E-state index contributed by atoms with van der Waals surface area (Å²) in [6.45, 7) is 0. The van der Waals surface area contributed by atoms with Crippen molar-refractivity contribution in [1.29, 1.82) is 0 Å². The van der Waals surface area contributed by atoms with Crippen LogP contribution in [0, 0.1) is 0 Å². The van der Waals surface area contributed by atoms with Crippen LogP contribution in [0.4, 0.5) is 34.1 Å². The van der Waals surface area contributed by atoms with E-state index in [9.17, 15) is 0 Å². The molecule has 0 aliphatic rings. The first kappa shape index (κ1) is 38.8. The Bertz CT molecular complexity index is 3760. The van der Waals surface area contributed by atoms with E-state index in [4.69, 9.17) is 0 Å². The maximum Gasteiger partial charge on any atom is 0.0567 e. The number of anilines is 6. The van der Waals surface area contributed by atoms with Crippen LogP contribution in [-0.2, 0) is 0 Å². The fraction of sp³-hybridized carbons (Fsp3) is 0.0476. The molecule has 0 N–H and O–H groups in total. The van der Waals surface area contributed by atoms with Gasteiger partial charge in [0.15, 0.2) is 0 Å². The molecule has 0 amide bonds. The van der Waals surface area contributed by atoms with Gasteiger partial charge in [0.25, 0.3) is 0 Å². The second kappa shape index (κ2) is 15.3. The molecule has 0 aliphatic heterocycles. The predicted molar refractivity (Wildman–Crippen MR) is 289 cm³/mol. The van der Waals surface area contributed by atoms with E-state index >= 15 is 0 Å². The van der Waals surface area contributed by atoms with Gasteiger partial charge >= 0.3 is 0 Å². The summed E-state index contributed by atoms with van der Waals surface area (Å²) in [5.74, 6) is 0. The molecule has 1 heterocycles. The molecule has 12 aromatic carbocycles. The van der Waals surface area contributed by atoms with Gasteiger partial charge in [-0.3, -0.25) is 0 Å². The third-order valence-corrected chi connectivity index (χ3v) is 14.2. The Labute approximate surface area is 389 Å². The molecule has 0 unspecified atom stereocenters. The van der Waals surface area contributed by atoms with Gasteiger partial charge in [-0.25, -0.2) is 0 Å². The molecule has 0 spiro atoms. The van der Waals surface area contributed by atoms with Crippen LogP contribution in [0.2, 0.25) is 0 Å². The summed E-state index contributed by atoms with van der Waals surface area (Å²) in [6.07, 6.45) is 0. The van der Waals surface area contributed by atoms with Crippen LogP contribution in [0.25, 0.3) is 92.1 Å². The molecule has 1 aromatic heterocycles. The lowest BCUT2D eigenvalue weighted by molar-refractivity contribution is 1.16. The Hall–Kier alpha value is -8.60. The van der Waals surface area contributed by atoms with Crippen LogP contribution in [0.1, 0.15) is 0 Å². The predicted octanol–water partition coefficient (Wildman–Crippen LogP) is 17.0. The third kappa shape index (κ3) is 6.14. The molecule has 0 radical (unpaired) electrons. The van der Waals surface area contributed by atoms with Crippen molar-refractivity contribution in [2.75, 3.05) is 35.8 Å². The van der Waals surface area contributed by atoms with Crippen molar-refractivity contribution in [3.63, 3.8) is 0 Å². The molecule has 0 saturated carbocycles. The molecular weight excluding hydrogens is 813 g/mol. The van der Waals surface area contributed by atoms with E-state index in [1.54, 1.807) is 0 Å². The van der Waals surface area contributed by atoms with Gasteiger partial charge in [0.05, 0.1) is 28.1 Å². The summed E-state index contributed by atoms with van der Waals surface area (Å²) in [6, 6.07) is 82.5. The largest absolute Gasteiger partial charge is 0.344 e. The molecule has 13 rings (SSSR count). The molecule has 67 heavy (non-hydrogen) atoms. The lowest BCUT2D eigenvalue weighted by atomic mass is 9.99. The summed E-state index contributed by atoms with van der Waals surface area (Å²) >= 11 is 0. The lowest BCUT2D eigenvalue weighted by Crippen LogP contribution is -2.11. The van der Waals surface area contributed by atoms with Crippen LogP contribution in [0.15, 0.2) is 224 Å². The Morgan fingerprint density at radius 3 is 0.836 bits per heavy atom. The molecule has 0 bridgehead atoms. The number of hydrogen-bond donors (Lipinski definition) is 0. The van der Waals surface area contributed by atoms with Gasteiger partial charge < -0.3 is 19.3 Å². The van der Waals surface area contributed by atoms with E-state index in [0.29, 0.717) is 0 Å². The second-order valence-corrected chi connectivity index (χ2v) is 17.9. The van der Waals surface area contributed by atoms with Gasteiger partial charge in [0.2, 0.25) is 0 Å². The Balaban J connectivity index is 0.993. The Kier molecular flexibility index (Phi) is 8.84. The Morgan fingerprint density at radius 1 is 0.254 bits per heavy atom. The number of benzene rings is 12. The highest BCUT2D eigenvalue weighted by Crippen LogP contribution is 2.45. The maximum absolute atomic E-state index is 2.44. The summed E-state index contributed by atoms with van der Waals surface area (Å²) in [5.41, 5.74) is 10.4. The summed E-state index contributed by atoms with van der Waals surface area (Å²) in [4.78, 5) is 7.11. The first-order chi connectivity index (χ1) is 33.0. The van der Waals surface area contributed by atoms with E-state index < -0.39 is 0 Å². The van der Waals surface area contributed by atoms with Crippen LogP contribution in [0.5, 0.6) is 0 Å². The van der Waals surface area contributed by atoms with E-state index in [2.05, 4.69) is 265 Å². The monoisotopic (exact) mass is 858 g/mol. The fourth-order valence-electron chi connectivity index (χ4n) is 11.0. The smallest absolute Gasteiger partial charge is 0.0567 e. The highest BCUT2D eigenvalue weighted by Gasteiger charge is 2.21. The average Bonchev–Trinajstić information content (AvgIpc) is 3.71. The zero-order chi connectivity index (χ0) is 44.8. The molecule has 13 aromatic rings. The van der Waals surface area contributed by atoms with Gasteiger partial charge in [0.1, 0.15) is 0 Å². The summed E-state index contributed by atoms with van der Waals surface area (Å²) < 4.78 is 2.44. The zero-order valence-electron chi connectivity index (χ0n) is 37.7. The van der Waals surface area contributed by atoms with Crippen molar-refractivity contribution in [2.45, 2.75) is 0 Å². The van der Waals surface area contributed by atoms with Crippen molar-refractivity contribution < 1.29 is 0 Å². The second-order valence-electron chi connectivity index (χ2n) is 17.9. The number of fused-ring (bicyclic) bond motifs is 9. The number of rotatable bonds is 7. The van der Waals surface area contributed by atoms with E-state index in [0.717, 1.165) is 33.8 Å². The van der Waals surface area contributed by atoms with Crippen LogP contribution < -0.4 is 14.7 Å². The highest BCUT2D eigenvalue weighted by atomic mass is 15.1. The van der Waals surface area contributed by atoms with Crippen LogP contribution in [0.3, 0.4) is 0 Å². The molecule has 4 heteroatoms. The first-order valence-electron chi connectivity index (χ1n) is 23.1. The lowest BCUT2D eigenvalue weighted by Gasteiger charge is -2.24. The summed E-state index contributed by atoms with van der Waals surface area (Å²) in [5, 5.41) is 17.2. The number of hydrogen-bond acceptors (Lipinski definition) is 3. The number of nitrogens with zero attached hydrogens (tertiary/aromatic N) is 4. The number of aromatic nitrogens is 1. The molecule has 0 atom stereocenters. The first-order valence-corrected chi connectivity index (χ1v) is 23.1. The minimum Gasteiger partial charge on any atom is -0.344 e. The summed E-state index contributed by atoms with van der Waals surface area (Å²) in [7, 11) is 6.62. The van der Waals surface area contributed by atoms with Crippen LogP contribution in [-0.4, -0.2) is 25.7 Å². The van der Waals surface area contributed by atoms with Crippen molar-refractivity contribution >= 4 is 121 Å². The zero-order valence-corrected chi connectivity index (χ0v) is 37.7. The van der Waals surface area contributed by atoms with E-state index in [1.165, 1.54) is 92.5 Å². The van der Waals surface area contributed by atoms with Crippen LogP contribution >= 0.6 is 0 Å². The quantitative estimate of drug-likeness (QED) is 0.148. The van der Waals surface area contributed by atoms with Gasteiger partial charge in [-0.2, -0.15) is 0 Å². The van der Waals surface area contributed by atoms with Crippen molar-refractivity contribution in [1.82, 2.24) is 4.57 Å².